The van der Waals surface area contributed by atoms with Crippen molar-refractivity contribution in [2.24, 2.45) is 0 Å². The smallest absolute Gasteiger partial charge is 0.175 e. The molecule has 0 unspecified atom stereocenters. The molecule has 0 spiro atoms. The Morgan fingerprint density at radius 2 is 1.36 bits per heavy atom. The lowest BCUT2D eigenvalue weighted by atomic mass is 10.1. The minimum Gasteiger partial charge on any atom is -0.241 e. The number of benzene rings is 2. The monoisotopic (exact) mass is 373 g/mol. The summed E-state index contributed by atoms with van der Waals surface area (Å²) in [4.78, 5) is 6.07. The molecule has 1 heterocycles. The van der Waals surface area contributed by atoms with E-state index in [1.165, 1.54) is 11.8 Å². The Hall–Kier alpha value is -1.98. The highest BCUT2D eigenvalue weighted by Gasteiger charge is 2.14. The van der Waals surface area contributed by atoms with E-state index < -0.39 is 9.84 Å². The number of aromatic nitrogens is 1. The van der Waals surface area contributed by atoms with Crippen LogP contribution in [0.2, 0.25) is 0 Å². The first-order valence-corrected chi connectivity index (χ1v) is 10.9. The van der Waals surface area contributed by atoms with Crippen LogP contribution in [0.3, 0.4) is 0 Å². The van der Waals surface area contributed by atoms with Crippen molar-refractivity contribution in [2.75, 3.05) is 6.26 Å². The van der Waals surface area contributed by atoms with Crippen LogP contribution in [0.15, 0.2) is 53.4 Å². The van der Waals surface area contributed by atoms with Gasteiger partial charge in [-0.05, 0) is 31.5 Å². The molecule has 3 aromatic rings. The quantitative estimate of drug-likeness (QED) is 0.607. The minimum absolute atomic E-state index is 0.324. The first kappa shape index (κ1) is 19.3. The molecule has 25 heavy (non-hydrogen) atoms. The van der Waals surface area contributed by atoms with E-state index in [0.29, 0.717) is 4.90 Å². The highest BCUT2D eigenvalue weighted by atomic mass is 32.2. The molecule has 0 fully saturated rings. The first-order chi connectivity index (χ1) is 11.8. The maximum absolute atomic E-state index is 11.6. The zero-order valence-electron chi connectivity index (χ0n) is 15.2. The standard InChI is InChI=1S/C18H17NO2S2.C2H6/c1-12-4-6-15(7-5-12)18-17(19-13(2)22-18)14-8-10-16(11-9-14)23(3,20)21;1-2/h4-11H,1-3H3;1-2H3. The van der Waals surface area contributed by atoms with E-state index in [9.17, 15) is 8.42 Å². The number of nitrogens with zero attached hydrogens (tertiary/aromatic N) is 1. The van der Waals surface area contributed by atoms with Gasteiger partial charge in [0.15, 0.2) is 9.84 Å². The molecule has 0 aliphatic carbocycles. The largest absolute Gasteiger partial charge is 0.241 e. The van der Waals surface area contributed by atoms with Gasteiger partial charge in [0.2, 0.25) is 0 Å². The molecule has 5 heteroatoms. The maximum Gasteiger partial charge on any atom is 0.175 e. The van der Waals surface area contributed by atoms with Crippen LogP contribution in [0.1, 0.15) is 24.4 Å². The summed E-state index contributed by atoms with van der Waals surface area (Å²) < 4.78 is 23.2. The molecule has 0 bridgehead atoms. The molecule has 3 rings (SSSR count). The normalized spacial score (nSPS) is 10.9. The summed E-state index contributed by atoms with van der Waals surface area (Å²) in [5.41, 5.74) is 4.17. The van der Waals surface area contributed by atoms with Crippen molar-refractivity contribution in [1.29, 1.82) is 0 Å². The lowest BCUT2D eigenvalue weighted by Crippen LogP contribution is -1.96. The fourth-order valence-corrected chi connectivity index (χ4v) is 3.96. The molecule has 0 saturated carbocycles. The van der Waals surface area contributed by atoms with Crippen molar-refractivity contribution in [3.8, 4) is 21.7 Å². The van der Waals surface area contributed by atoms with E-state index >= 15 is 0 Å². The second-order valence-electron chi connectivity index (χ2n) is 5.57. The number of aryl methyl sites for hydroxylation is 2. The molecule has 0 amide bonds. The van der Waals surface area contributed by atoms with Crippen molar-refractivity contribution >= 4 is 21.2 Å². The van der Waals surface area contributed by atoms with Gasteiger partial charge < -0.3 is 0 Å². The summed E-state index contributed by atoms with van der Waals surface area (Å²) in [6, 6.07) is 15.3. The molecule has 0 aliphatic heterocycles. The zero-order chi connectivity index (χ0) is 18.6. The molecular weight excluding hydrogens is 350 g/mol. The third-order valence-corrected chi connectivity index (χ3v) is 5.75. The van der Waals surface area contributed by atoms with Crippen LogP contribution in [-0.4, -0.2) is 19.7 Å². The van der Waals surface area contributed by atoms with Crippen LogP contribution in [-0.2, 0) is 9.84 Å². The lowest BCUT2D eigenvalue weighted by Gasteiger charge is -2.05. The fourth-order valence-electron chi connectivity index (χ4n) is 2.38. The Morgan fingerprint density at radius 1 is 0.840 bits per heavy atom. The molecule has 2 aromatic carbocycles. The Labute approximate surface area is 154 Å². The van der Waals surface area contributed by atoms with E-state index in [0.717, 1.165) is 26.7 Å². The van der Waals surface area contributed by atoms with Crippen molar-refractivity contribution in [1.82, 2.24) is 4.98 Å². The molecule has 0 radical (unpaired) electrons. The van der Waals surface area contributed by atoms with Crippen molar-refractivity contribution in [2.45, 2.75) is 32.6 Å². The highest BCUT2D eigenvalue weighted by Crippen LogP contribution is 2.36. The number of hydrogen-bond acceptors (Lipinski definition) is 4. The Balaban J connectivity index is 0.00000109. The molecule has 0 saturated heterocycles. The first-order valence-electron chi connectivity index (χ1n) is 8.19. The van der Waals surface area contributed by atoms with Crippen molar-refractivity contribution in [3.63, 3.8) is 0 Å². The Bertz CT molecular complexity index is 938. The summed E-state index contributed by atoms with van der Waals surface area (Å²) in [6.07, 6.45) is 1.22. The predicted octanol–water partition coefficient (Wildman–Crippen LogP) is 5.52. The van der Waals surface area contributed by atoms with Gasteiger partial charge >= 0.3 is 0 Å². The third-order valence-electron chi connectivity index (χ3n) is 3.60. The molecule has 0 atom stereocenters. The van der Waals surface area contributed by atoms with Crippen LogP contribution in [0.5, 0.6) is 0 Å². The zero-order valence-corrected chi connectivity index (χ0v) is 16.8. The average Bonchev–Trinajstić information content (AvgIpc) is 2.98. The summed E-state index contributed by atoms with van der Waals surface area (Å²) >= 11 is 1.65. The van der Waals surface area contributed by atoms with E-state index in [2.05, 4.69) is 36.2 Å². The molecule has 3 nitrogen and oxygen atoms in total. The highest BCUT2D eigenvalue weighted by molar-refractivity contribution is 7.90. The van der Waals surface area contributed by atoms with E-state index in [1.807, 2.05) is 32.9 Å². The number of sulfone groups is 1. The van der Waals surface area contributed by atoms with Gasteiger partial charge in [0.1, 0.15) is 0 Å². The SMILES string of the molecule is CC.Cc1ccc(-c2sc(C)nc2-c2ccc(S(C)(=O)=O)cc2)cc1. The van der Waals surface area contributed by atoms with E-state index in [4.69, 9.17) is 0 Å². The van der Waals surface area contributed by atoms with Gasteiger partial charge in [-0.15, -0.1) is 11.3 Å². The lowest BCUT2D eigenvalue weighted by molar-refractivity contribution is 0.602. The van der Waals surface area contributed by atoms with E-state index in [-0.39, 0.29) is 0 Å². The third kappa shape index (κ3) is 4.55. The molecule has 0 aliphatic rings. The van der Waals surface area contributed by atoms with Gasteiger partial charge in [0.25, 0.3) is 0 Å². The van der Waals surface area contributed by atoms with E-state index in [1.54, 1.807) is 23.5 Å². The number of rotatable bonds is 3. The molecule has 132 valence electrons. The van der Waals surface area contributed by atoms with Gasteiger partial charge in [-0.1, -0.05) is 55.8 Å². The number of hydrogen-bond donors (Lipinski definition) is 0. The average molecular weight is 374 g/mol. The van der Waals surface area contributed by atoms with Gasteiger partial charge in [0.05, 0.1) is 20.5 Å². The summed E-state index contributed by atoms with van der Waals surface area (Å²) in [5.74, 6) is 0. The van der Waals surface area contributed by atoms with Gasteiger partial charge in [-0.3, -0.25) is 0 Å². The molecular formula is C20H23NO2S2. The van der Waals surface area contributed by atoms with Crippen LogP contribution in [0.25, 0.3) is 21.7 Å². The second kappa shape index (κ2) is 7.93. The molecule has 1 aromatic heterocycles. The summed E-state index contributed by atoms with van der Waals surface area (Å²) in [5, 5.41) is 0.989. The Kier molecular flexibility index (Phi) is 6.14. The predicted molar refractivity (Wildman–Crippen MR) is 107 cm³/mol. The van der Waals surface area contributed by atoms with Gasteiger partial charge in [-0.2, -0.15) is 0 Å². The fraction of sp³-hybridized carbons (Fsp3) is 0.250. The summed E-state index contributed by atoms with van der Waals surface area (Å²) in [7, 11) is -3.18. The Morgan fingerprint density at radius 3 is 1.88 bits per heavy atom. The van der Waals surface area contributed by atoms with Crippen LogP contribution in [0.4, 0.5) is 0 Å². The topological polar surface area (TPSA) is 47.0 Å². The second-order valence-corrected chi connectivity index (χ2v) is 8.79. The van der Waals surface area contributed by atoms with Crippen molar-refractivity contribution < 1.29 is 8.42 Å². The van der Waals surface area contributed by atoms with Gasteiger partial charge in [-0.25, -0.2) is 13.4 Å². The maximum atomic E-state index is 11.6. The summed E-state index contributed by atoms with van der Waals surface area (Å²) in [6.45, 7) is 8.04. The van der Waals surface area contributed by atoms with Crippen LogP contribution < -0.4 is 0 Å². The van der Waals surface area contributed by atoms with Crippen LogP contribution in [0, 0.1) is 13.8 Å². The minimum atomic E-state index is -3.18. The van der Waals surface area contributed by atoms with Gasteiger partial charge in [0, 0.05) is 11.8 Å². The van der Waals surface area contributed by atoms with Crippen molar-refractivity contribution in [3.05, 3.63) is 59.1 Å². The molecule has 0 N–H and O–H groups in total. The number of thiazole rings is 1. The van der Waals surface area contributed by atoms with Crippen LogP contribution >= 0.6 is 11.3 Å².